The van der Waals surface area contributed by atoms with Crippen LogP contribution in [0.3, 0.4) is 0 Å². The van der Waals surface area contributed by atoms with Crippen molar-refractivity contribution in [3.63, 3.8) is 0 Å². The Morgan fingerprint density at radius 2 is 2.38 bits per heavy atom. The van der Waals surface area contributed by atoms with Gasteiger partial charge in [0, 0.05) is 0 Å². The Morgan fingerprint density at radius 3 is 2.85 bits per heavy atom. The van der Waals surface area contributed by atoms with Crippen LogP contribution in [0.15, 0.2) is 11.6 Å². The first-order valence-corrected chi connectivity index (χ1v) is 5.12. The summed E-state index contributed by atoms with van der Waals surface area (Å²) >= 11 is 0. The molecule has 13 heavy (non-hydrogen) atoms. The lowest BCUT2D eigenvalue weighted by atomic mass is 9.74. The van der Waals surface area contributed by atoms with Gasteiger partial charge in [0.25, 0.3) is 0 Å². The average molecular weight is 180 g/mol. The molecule has 72 valence electrons. The highest BCUT2D eigenvalue weighted by molar-refractivity contribution is 5.79. The van der Waals surface area contributed by atoms with E-state index in [-0.39, 0.29) is 11.4 Å². The topological polar surface area (TPSA) is 26.3 Å². The summed E-state index contributed by atoms with van der Waals surface area (Å²) in [5, 5.41) is 0. The fourth-order valence-corrected chi connectivity index (χ4v) is 2.27. The summed E-state index contributed by atoms with van der Waals surface area (Å²) in [6.45, 7) is 2.81. The molecule has 0 amide bonds. The van der Waals surface area contributed by atoms with E-state index < -0.39 is 0 Å². The minimum atomic E-state index is -0.126. The van der Waals surface area contributed by atoms with Gasteiger partial charge in [0.2, 0.25) is 0 Å². The Kier molecular flexibility index (Phi) is 2.14. The predicted octanol–water partition coefficient (Wildman–Crippen LogP) is 2.44. The minimum Gasteiger partial charge on any atom is -0.465 e. The van der Waals surface area contributed by atoms with E-state index >= 15 is 0 Å². The monoisotopic (exact) mass is 180 g/mol. The Hall–Kier alpha value is -0.790. The van der Waals surface area contributed by atoms with Crippen molar-refractivity contribution >= 4 is 5.97 Å². The molecule has 0 saturated carbocycles. The minimum absolute atomic E-state index is 0.0407. The molecule has 2 rings (SSSR count). The summed E-state index contributed by atoms with van der Waals surface area (Å²) in [6.07, 6.45) is 7.31. The highest BCUT2D eigenvalue weighted by Gasteiger charge is 2.44. The van der Waals surface area contributed by atoms with Crippen molar-refractivity contribution in [3.8, 4) is 0 Å². The fourth-order valence-electron chi connectivity index (χ4n) is 2.27. The van der Waals surface area contributed by atoms with Crippen LogP contribution < -0.4 is 0 Å². The van der Waals surface area contributed by atoms with Crippen LogP contribution in [0, 0.1) is 5.41 Å². The van der Waals surface area contributed by atoms with Crippen molar-refractivity contribution in [2.45, 2.75) is 39.0 Å². The molecule has 0 aromatic carbocycles. The van der Waals surface area contributed by atoms with Crippen molar-refractivity contribution in [1.82, 2.24) is 0 Å². The maximum atomic E-state index is 11.5. The SMILES string of the molecule is CCC1=CCC2(CCOC2=O)CC1. The molecule has 1 aliphatic carbocycles. The molecule has 0 radical (unpaired) electrons. The summed E-state index contributed by atoms with van der Waals surface area (Å²) in [5.74, 6) is 0.0407. The lowest BCUT2D eigenvalue weighted by molar-refractivity contribution is -0.146. The number of esters is 1. The van der Waals surface area contributed by atoms with Crippen LogP contribution in [0.25, 0.3) is 0 Å². The lowest BCUT2D eigenvalue weighted by Crippen LogP contribution is -2.28. The first kappa shape index (κ1) is 8.79. The van der Waals surface area contributed by atoms with E-state index in [1.807, 2.05) is 0 Å². The quantitative estimate of drug-likeness (QED) is 0.457. The van der Waals surface area contributed by atoms with Crippen molar-refractivity contribution in [3.05, 3.63) is 11.6 Å². The normalized spacial score (nSPS) is 33.3. The molecule has 1 fully saturated rings. The van der Waals surface area contributed by atoms with Gasteiger partial charge in [0.1, 0.15) is 0 Å². The van der Waals surface area contributed by atoms with Crippen LogP contribution in [0.4, 0.5) is 0 Å². The van der Waals surface area contributed by atoms with E-state index in [1.165, 1.54) is 5.57 Å². The summed E-state index contributed by atoms with van der Waals surface area (Å²) in [6, 6.07) is 0. The summed E-state index contributed by atoms with van der Waals surface area (Å²) < 4.78 is 5.05. The molecule has 1 spiro atoms. The second kappa shape index (κ2) is 3.17. The third-order valence-electron chi connectivity index (χ3n) is 3.41. The van der Waals surface area contributed by atoms with Crippen molar-refractivity contribution in [2.75, 3.05) is 6.61 Å². The maximum absolute atomic E-state index is 11.5. The summed E-state index contributed by atoms with van der Waals surface area (Å²) in [7, 11) is 0. The van der Waals surface area contributed by atoms with Crippen LogP contribution >= 0.6 is 0 Å². The zero-order valence-electron chi connectivity index (χ0n) is 8.14. The van der Waals surface area contributed by atoms with Gasteiger partial charge in [-0.2, -0.15) is 0 Å². The van der Waals surface area contributed by atoms with Gasteiger partial charge < -0.3 is 4.74 Å². The van der Waals surface area contributed by atoms with Crippen LogP contribution in [-0.4, -0.2) is 12.6 Å². The Bertz CT molecular complexity index is 255. The van der Waals surface area contributed by atoms with Crippen LogP contribution in [0.2, 0.25) is 0 Å². The van der Waals surface area contributed by atoms with Gasteiger partial charge in [0.15, 0.2) is 0 Å². The smallest absolute Gasteiger partial charge is 0.312 e. The Labute approximate surface area is 79.0 Å². The Balaban J connectivity index is 2.12. The molecule has 1 atom stereocenters. The maximum Gasteiger partial charge on any atom is 0.312 e. The third-order valence-corrected chi connectivity index (χ3v) is 3.41. The molecule has 1 saturated heterocycles. The number of ether oxygens (including phenoxy) is 1. The third kappa shape index (κ3) is 1.38. The van der Waals surface area contributed by atoms with E-state index in [2.05, 4.69) is 13.0 Å². The van der Waals surface area contributed by atoms with Gasteiger partial charge in [0.05, 0.1) is 12.0 Å². The predicted molar refractivity (Wildman–Crippen MR) is 50.2 cm³/mol. The summed E-state index contributed by atoms with van der Waals surface area (Å²) in [5.41, 5.74) is 1.38. The highest BCUT2D eigenvalue weighted by atomic mass is 16.5. The molecular weight excluding hydrogens is 164 g/mol. The number of cyclic esters (lactones) is 1. The van der Waals surface area contributed by atoms with Crippen molar-refractivity contribution in [2.24, 2.45) is 5.41 Å². The summed E-state index contributed by atoms with van der Waals surface area (Å²) in [4.78, 5) is 11.5. The Morgan fingerprint density at radius 1 is 1.54 bits per heavy atom. The molecule has 2 aliphatic rings. The standard InChI is InChI=1S/C11H16O2/c1-2-9-3-5-11(6-4-9)7-8-13-10(11)12/h3H,2,4-8H2,1H3. The number of hydrogen-bond donors (Lipinski definition) is 0. The van der Waals surface area contributed by atoms with E-state index in [4.69, 9.17) is 4.74 Å². The van der Waals surface area contributed by atoms with E-state index in [0.717, 1.165) is 32.1 Å². The van der Waals surface area contributed by atoms with Crippen molar-refractivity contribution in [1.29, 1.82) is 0 Å². The average Bonchev–Trinajstić information content (AvgIpc) is 2.50. The highest BCUT2D eigenvalue weighted by Crippen LogP contribution is 2.43. The van der Waals surface area contributed by atoms with E-state index in [1.54, 1.807) is 0 Å². The van der Waals surface area contributed by atoms with Gasteiger partial charge in [-0.3, -0.25) is 4.79 Å². The number of carbonyl (C=O) groups excluding carboxylic acids is 1. The number of allylic oxidation sites excluding steroid dienone is 2. The molecule has 2 heteroatoms. The molecular formula is C11H16O2. The fraction of sp³-hybridized carbons (Fsp3) is 0.727. The zero-order valence-corrected chi connectivity index (χ0v) is 8.14. The van der Waals surface area contributed by atoms with Gasteiger partial charge in [-0.25, -0.2) is 0 Å². The molecule has 0 bridgehead atoms. The number of rotatable bonds is 1. The molecule has 2 nitrogen and oxygen atoms in total. The molecule has 0 aromatic rings. The molecule has 1 unspecified atom stereocenters. The molecule has 0 aromatic heterocycles. The second-order valence-electron chi connectivity index (χ2n) is 4.09. The molecule has 1 aliphatic heterocycles. The first-order chi connectivity index (χ1) is 6.27. The molecule has 1 heterocycles. The van der Waals surface area contributed by atoms with E-state index in [9.17, 15) is 4.79 Å². The molecule has 0 N–H and O–H groups in total. The van der Waals surface area contributed by atoms with Crippen molar-refractivity contribution < 1.29 is 9.53 Å². The number of hydrogen-bond acceptors (Lipinski definition) is 2. The van der Waals surface area contributed by atoms with Crippen LogP contribution in [0.5, 0.6) is 0 Å². The first-order valence-electron chi connectivity index (χ1n) is 5.12. The van der Waals surface area contributed by atoms with Crippen LogP contribution in [0.1, 0.15) is 39.0 Å². The van der Waals surface area contributed by atoms with Gasteiger partial charge in [-0.05, 0) is 32.1 Å². The number of carbonyl (C=O) groups is 1. The zero-order chi connectivity index (χ0) is 9.31. The van der Waals surface area contributed by atoms with Gasteiger partial charge >= 0.3 is 5.97 Å². The van der Waals surface area contributed by atoms with E-state index in [0.29, 0.717) is 6.61 Å². The lowest BCUT2D eigenvalue weighted by Gasteiger charge is -2.27. The largest absolute Gasteiger partial charge is 0.465 e. The van der Waals surface area contributed by atoms with Gasteiger partial charge in [-0.1, -0.05) is 18.6 Å². The van der Waals surface area contributed by atoms with Gasteiger partial charge in [-0.15, -0.1) is 0 Å². The second-order valence-corrected chi connectivity index (χ2v) is 4.09. The van der Waals surface area contributed by atoms with Crippen LogP contribution in [-0.2, 0) is 9.53 Å².